The lowest BCUT2D eigenvalue weighted by atomic mass is 10.1. The number of esters is 3. The lowest BCUT2D eigenvalue weighted by Crippen LogP contribution is -2.30. The molecule has 402 valence electrons. The summed E-state index contributed by atoms with van der Waals surface area (Å²) in [5.74, 6) is -1.54. The second-order valence-electron chi connectivity index (χ2n) is 18.0. The molecule has 0 rings (SSSR count). The van der Waals surface area contributed by atoms with E-state index in [2.05, 4.69) is 106 Å². The lowest BCUT2D eigenvalue weighted by Gasteiger charge is -2.21. The zero-order chi connectivity index (χ0) is 51.3. The van der Waals surface area contributed by atoms with Crippen molar-refractivity contribution in [1.82, 2.24) is 0 Å². The van der Waals surface area contributed by atoms with Crippen LogP contribution < -0.4 is 0 Å². The number of aliphatic hydroxyl groups is 1. The van der Waals surface area contributed by atoms with Gasteiger partial charge in [0.05, 0.1) is 19.8 Å². The van der Waals surface area contributed by atoms with E-state index >= 15 is 0 Å². The van der Waals surface area contributed by atoms with Crippen molar-refractivity contribution in [2.24, 2.45) is 0 Å². The van der Waals surface area contributed by atoms with Gasteiger partial charge >= 0.3 is 25.7 Å². The Morgan fingerprint density at radius 2 is 0.743 bits per heavy atom. The Kier molecular flexibility index (Phi) is 49.5. The van der Waals surface area contributed by atoms with Crippen LogP contribution in [-0.2, 0) is 42.2 Å². The number of phosphoric acid groups is 1. The molecule has 2 N–H and O–H groups in total. The van der Waals surface area contributed by atoms with Gasteiger partial charge in [-0.3, -0.25) is 23.4 Å². The second-order valence-corrected chi connectivity index (χ2v) is 19.5. The molecule has 70 heavy (non-hydrogen) atoms. The topological polar surface area (TPSA) is 155 Å². The molecule has 0 aliphatic heterocycles. The SMILES string of the molecule is CC/C=C\C/C=C\C/C=C\C/C=C\CCCCC(=O)OC(COC(=O)CCCCCCC/C=C\CCCCCC)COP(=O)(O)OCC(CO)OC(=O)CCCCCCC/C=C\C/C=C\CCCCC. The molecule has 0 radical (unpaired) electrons. The number of allylic oxidation sites excluding steroid dienone is 14. The van der Waals surface area contributed by atoms with E-state index in [-0.39, 0.29) is 25.9 Å². The Hall–Kier alpha value is -3.34. The molecule has 3 unspecified atom stereocenters. The third-order valence-corrected chi connectivity index (χ3v) is 12.2. The molecule has 11 nitrogen and oxygen atoms in total. The van der Waals surface area contributed by atoms with E-state index in [9.17, 15) is 28.9 Å². The highest BCUT2D eigenvalue weighted by atomic mass is 31.2. The summed E-state index contributed by atoms with van der Waals surface area (Å²) >= 11 is 0. The molecule has 0 aromatic carbocycles. The van der Waals surface area contributed by atoms with Crippen LogP contribution in [0.4, 0.5) is 0 Å². The number of aliphatic hydroxyl groups excluding tert-OH is 1. The first-order valence-corrected chi connectivity index (χ1v) is 29.0. The van der Waals surface area contributed by atoms with E-state index in [1.807, 2.05) is 0 Å². The summed E-state index contributed by atoms with van der Waals surface area (Å²) in [4.78, 5) is 48.4. The van der Waals surface area contributed by atoms with Crippen molar-refractivity contribution in [3.63, 3.8) is 0 Å². The summed E-state index contributed by atoms with van der Waals surface area (Å²) in [5, 5.41) is 9.79. The molecule has 0 spiro atoms. The number of carbonyl (C=O) groups is 3. The Bertz CT molecular complexity index is 1500. The zero-order valence-corrected chi connectivity index (χ0v) is 45.1. The van der Waals surface area contributed by atoms with Crippen LogP contribution in [0.2, 0.25) is 0 Å². The van der Waals surface area contributed by atoms with Crippen LogP contribution in [0.15, 0.2) is 85.1 Å². The van der Waals surface area contributed by atoms with Gasteiger partial charge in [0.1, 0.15) is 12.7 Å². The predicted octanol–water partition coefficient (Wildman–Crippen LogP) is 15.9. The summed E-state index contributed by atoms with van der Waals surface area (Å²) in [6, 6.07) is 0. The molecule has 3 atom stereocenters. The van der Waals surface area contributed by atoms with Crippen LogP contribution in [0.5, 0.6) is 0 Å². The third-order valence-electron chi connectivity index (χ3n) is 11.3. The third kappa shape index (κ3) is 49.6. The molecule has 0 amide bonds. The average Bonchev–Trinajstić information content (AvgIpc) is 3.35. The van der Waals surface area contributed by atoms with Crippen molar-refractivity contribution < 1.29 is 52.2 Å². The molecule has 0 aromatic rings. The fourth-order valence-corrected chi connectivity index (χ4v) is 7.86. The summed E-state index contributed by atoms with van der Waals surface area (Å²) < 4.78 is 39.4. The molecule has 0 aliphatic carbocycles. The molecule has 0 saturated carbocycles. The zero-order valence-electron chi connectivity index (χ0n) is 44.2. The van der Waals surface area contributed by atoms with E-state index in [0.29, 0.717) is 19.3 Å². The van der Waals surface area contributed by atoms with Crippen molar-refractivity contribution in [2.45, 2.75) is 238 Å². The fraction of sp³-hybridized carbons (Fsp3) is 0.707. The molecule has 0 fully saturated rings. The van der Waals surface area contributed by atoms with Gasteiger partial charge < -0.3 is 24.2 Å². The van der Waals surface area contributed by atoms with Crippen molar-refractivity contribution in [3.8, 4) is 0 Å². The Morgan fingerprint density at radius 1 is 0.414 bits per heavy atom. The molecule has 0 bridgehead atoms. The summed E-state index contributed by atoms with van der Waals surface area (Å²) in [6.07, 6.45) is 58.3. The maximum Gasteiger partial charge on any atom is 0.472 e. The van der Waals surface area contributed by atoms with Gasteiger partial charge in [0.15, 0.2) is 6.10 Å². The summed E-state index contributed by atoms with van der Waals surface area (Å²) in [6.45, 7) is 4.40. The van der Waals surface area contributed by atoms with E-state index in [0.717, 1.165) is 122 Å². The Balaban J connectivity index is 4.81. The standard InChI is InChI=1S/C58H99O11P/c1-4-7-10-13-16-19-22-25-27-30-33-36-39-42-45-48-57(61)68-54(50-59)52-66-70(63,64)67-53-55(51-65-56(60)47-44-41-38-35-32-29-24-21-18-15-12-9-6-3)69-58(62)49-46-43-40-37-34-31-28-26-23-20-17-14-11-8-5-2/h8,11,16-17,19-21,24-28,34,37,54-55,59H,4-7,9-10,12-15,18,22-23,29-33,35-36,38-53H2,1-3H3,(H,63,64)/b11-8-,19-16-,20-17-,24-21-,27-25-,28-26-,37-34-. The van der Waals surface area contributed by atoms with Crippen LogP contribution in [0, 0.1) is 0 Å². The Morgan fingerprint density at radius 3 is 1.21 bits per heavy atom. The van der Waals surface area contributed by atoms with Crippen LogP contribution in [0.25, 0.3) is 0 Å². The number of unbranched alkanes of at least 4 members (excludes halogenated alkanes) is 19. The highest BCUT2D eigenvalue weighted by Crippen LogP contribution is 2.43. The normalized spacial score (nSPS) is 14.1. The van der Waals surface area contributed by atoms with Gasteiger partial charge in [0.2, 0.25) is 0 Å². The number of hydrogen-bond acceptors (Lipinski definition) is 10. The maximum atomic E-state index is 12.9. The highest BCUT2D eigenvalue weighted by molar-refractivity contribution is 7.47. The number of ether oxygens (including phenoxy) is 3. The number of hydrogen-bond donors (Lipinski definition) is 2. The first-order valence-electron chi connectivity index (χ1n) is 27.5. The van der Waals surface area contributed by atoms with Crippen molar-refractivity contribution in [2.75, 3.05) is 26.4 Å². The van der Waals surface area contributed by atoms with E-state index in [1.165, 1.54) is 44.9 Å². The minimum Gasteiger partial charge on any atom is -0.462 e. The first-order chi connectivity index (χ1) is 34.2. The number of phosphoric ester groups is 1. The van der Waals surface area contributed by atoms with Crippen molar-refractivity contribution >= 4 is 25.7 Å². The maximum absolute atomic E-state index is 12.9. The van der Waals surface area contributed by atoms with Gasteiger partial charge in [0.25, 0.3) is 0 Å². The van der Waals surface area contributed by atoms with Crippen LogP contribution >= 0.6 is 7.82 Å². The van der Waals surface area contributed by atoms with Gasteiger partial charge in [0, 0.05) is 19.3 Å². The molecule has 0 saturated heterocycles. The minimum atomic E-state index is -4.76. The first kappa shape index (κ1) is 66.7. The van der Waals surface area contributed by atoms with Gasteiger partial charge in [-0.1, -0.05) is 176 Å². The van der Waals surface area contributed by atoms with Gasteiger partial charge in [-0.05, 0) is 116 Å². The number of carbonyl (C=O) groups excluding carboxylic acids is 3. The summed E-state index contributed by atoms with van der Waals surface area (Å²) in [7, 11) is -4.76. The molecular weight excluding hydrogens is 904 g/mol. The Labute approximate surface area is 426 Å². The number of rotatable bonds is 50. The van der Waals surface area contributed by atoms with Crippen molar-refractivity contribution in [3.05, 3.63) is 85.1 Å². The molecule has 0 aromatic heterocycles. The molecule has 0 heterocycles. The van der Waals surface area contributed by atoms with Crippen LogP contribution in [-0.4, -0.2) is 66.5 Å². The van der Waals surface area contributed by atoms with E-state index < -0.39 is 57.8 Å². The molecular formula is C58H99O11P. The van der Waals surface area contributed by atoms with Crippen molar-refractivity contribution in [1.29, 1.82) is 0 Å². The predicted molar refractivity (Wildman–Crippen MR) is 288 cm³/mol. The highest BCUT2D eigenvalue weighted by Gasteiger charge is 2.28. The van der Waals surface area contributed by atoms with Gasteiger partial charge in [-0.15, -0.1) is 0 Å². The average molecular weight is 1000 g/mol. The molecule has 0 aliphatic rings. The quantitative estimate of drug-likeness (QED) is 0.0197. The fourth-order valence-electron chi connectivity index (χ4n) is 7.08. The largest absolute Gasteiger partial charge is 0.472 e. The smallest absolute Gasteiger partial charge is 0.462 e. The molecule has 12 heteroatoms. The van der Waals surface area contributed by atoms with E-state index in [4.69, 9.17) is 23.3 Å². The summed E-state index contributed by atoms with van der Waals surface area (Å²) in [5.41, 5.74) is 0. The van der Waals surface area contributed by atoms with Gasteiger partial charge in [-0.25, -0.2) is 4.57 Å². The monoisotopic (exact) mass is 1000 g/mol. The van der Waals surface area contributed by atoms with Crippen LogP contribution in [0.1, 0.15) is 226 Å². The lowest BCUT2D eigenvalue weighted by molar-refractivity contribution is -0.161. The van der Waals surface area contributed by atoms with Gasteiger partial charge in [-0.2, -0.15) is 0 Å². The van der Waals surface area contributed by atoms with E-state index in [1.54, 1.807) is 0 Å². The second kappa shape index (κ2) is 52.0. The minimum absolute atomic E-state index is 0.110. The van der Waals surface area contributed by atoms with Crippen LogP contribution in [0.3, 0.4) is 0 Å².